The number of nitrogens with zero attached hydrogens (tertiary/aromatic N) is 5. The predicted octanol–water partition coefficient (Wildman–Crippen LogP) is 3.72. The molecule has 4 aromatic rings. The summed E-state index contributed by atoms with van der Waals surface area (Å²) < 4.78 is 21.0. The van der Waals surface area contributed by atoms with Crippen LogP contribution in [0, 0.1) is 11.7 Å². The van der Waals surface area contributed by atoms with Crippen molar-refractivity contribution < 1.29 is 19.0 Å². The van der Waals surface area contributed by atoms with E-state index in [2.05, 4.69) is 30.6 Å². The minimum atomic E-state index is -0.405. The molecule has 0 aliphatic carbocycles. The summed E-state index contributed by atoms with van der Waals surface area (Å²) in [7, 11) is 0. The zero-order chi connectivity index (χ0) is 26.3. The van der Waals surface area contributed by atoms with E-state index in [-0.39, 0.29) is 18.9 Å². The van der Waals surface area contributed by atoms with Crippen LogP contribution in [-0.4, -0.2) is 68.3 Å². The standard InChI is InChI=1S/C26H30FN7O3S/c27-19-3-1-4-20(11-19)31-24(36)13-22-14-28-26(38-22)32-25-23-12-21(15-34(23)30-17-29-25)37-10-2-7-33-8-5-18(16-35)6-9-33/h1,3-4,11-12,14-15,17-18,35H,2,5-10,13,16H2,(H,31,36)(H,28,29,30,32). The first kappa shape index (κ1) is 26.0. The number of carbonyl (C=O) groups is 1. The van der Waals surface area contributed by atoms with E-state index in [4.69, 9.17) is 4.74 Å². The van der Waals surface area contributed by atoms with Gasteiger partial charge in [-0.25, -0.2) is 18.9 Å². The molecule has 3 aromatic heterocycles. The Morgan fingerprint density at radius 3 is 2.92 bits per heavy atom. The van der Waals surface area contributed by atoms with E-state index < -0.39 is 5.82 Å². The summed E-state index contributed by atoms with van der Waals surface area (Å²) in [5.74, 6) is 1.07. The third-order valence-electron chi connectivity index (χ3n) is 6.46. The number of aliphatic hydroxyl groups excluding tert-OH is 1. The molecule has 1 aliphatic rings. The van der Waals surface area contributed by atoms with Crippen LogP contribution >= 0.6 is 11.3 Å². The third-order valence-corrected chi connectivity index (χ3v) is 7.37. The van der Waals surface area contributed by atoms with Crippen molar-refractivity contribution in [2.45, 2.75) is 25.7 Å². The maximum absolute atomic E-state index is 13.3. The van der Waals surface area contributed by atoms with Gasteiger partial charge < -0.3 is 25.4 Å². The minimum absolute atomic E-state index is 0.123. The first-order chi connectivity index (χ1) is 18.6. The molecule has 1 aliphatic heterocycles. The van der Waals surface area contributed by atoms with E-state index in [1.54, 1.807) is 22.8 Å². The number of hydrogen-bond donors (Lipinski definition) is 3. The van der Waals surface area contributed by atoms with E-state index in [0.29, 0.717) is 34.9 Å². The highest BCUT2D eigenvalue weighted by molar-refractivity contribution is 7.15. The Morgan fingerprint density at radius 1 is 1.24 bits per heavy atom. The number of likely N-dealkylation sites (tertiary alicyclic amines) is 1. The molecule has 5 rings (SSSR count). The number of amides is 1. The summed E-state index contributed by atoms with van der Waals surface area (Å²) in [6.07, 6.45) is 8.06. The highest BCUT2D eigenvalue weighted by atomic mass is 32.1. The van der Waals surface area contributed by atoms with Crippen molar-refractivity contribution in [1.29, 1.82) is 0 Å². The Bertz CT molecular complexity index is 1370. The van der Waals surface area contributed by atoms with Gasteiger partial charge in [0.25, 0.3) is 0 Å². The van der Waals surface area contributed by atoms with E-state index in [9.17, 15) is 14.3 Å². The summed E-state index contributed by atoms with van der Waals surface area (Å²) in [6.45, 7) is 3.92. The quantitative estimate of drug-likeness (QED) is 0.247. The fourth-order valence-corrected chi connectivity index (χ4v) is 5.24. The molecule has 0 atom stereocenters. The highest BCUT2D eigenvalue weighted by Crippen LogP contribution is 2.27. The molecule has 1 fully saturated rings. The normalized spacial score (nSPS) is 14.6. The summed E-state index contributed by atoms with van der Waals surface area (Å²) in [4.78, 5) is 24.2. The van der Waals surface area contributed by atoms with Gasteiger partial charge in [0, 0.05) is 36.0 Å². The molecule has 4 heterocycles. The van der Waals surface area contributed by atoms with Gasteiger partial charge >= 0.3 is 0 Å². The SMILES string of the molecule is O=C(Cc1cnc(Nc2ncnn3cc(OCCCN4CCC(CO)CC4)cc23)s1)Nc1cccc(F)c1. The molecule has 0 saturated carbocycles. The van der Waals surface area contributed by atoms with Crippen LogP contribution in [0.25, 0.3) is 5.52 Å². The van der Waals surface area contributed by atoms with Crippen molar-refractivity contribution in [3.8, 4) is 5.75 Å². The lowest BCUT2D eigenvalue weighted by Gasteiger charge is -2.30. The van der Waals surface area contributed by atoms with Crippen molar-refractivity contribution >= 4 is 39.4 Å². The second-order valence-electron chi connectivity index (χ2n) is 9.28. The Labute approximate surface area is 223 Å². The zero-order valence-corrected chi connectivity index (χ0v) is 21.7. The van der Waals surface area contributed by atoms with Gasteiger partial charge in [0.1, 0.15) is 23.4 Å². The number of thiazole rings is 1. The molecule has 12 heteroatoms. The summed E-state index contributed by atoms with van der Waals surface area (Å²) in [5.41, 5.74) is 1.16. The number of nitrogens with one attached hydrogen (secondary N) is 2. The van der Waals surface area contributed by atoms with Gasteiger partial charge in [-0.2, -0.15) is 5.10 Å². The van der Waals surface area contributed by atoms with Gasteiger partial charge in [-0.15, -0.1) is 11.3 Å². The molecule has 1 aromatic carbocycles. The summed E-state index contributed by atoms with van der Waals surface area (Å²) >= 11 is 1.34. The molecular formula is C26H30FN7O3S. The fraction of sp³-hybridized carbons (Fsp3) is 0.385. The summed E-state index contributed by atoms with van der Waals surface area (Å²) in [5, 5.41) is 20.0. The molecule has 0 spiro atoms. The third kappa shape index (κ3) is 6.82. The molecule has 0 unspecified atom stereocenters. The highest BCUT2D eigenvalue weighted by Gasteiger charge is 2.18. The lowest BCUT2D eigenvalue weighted by atomic mass is 9.98. The maximum atomic E-state index is 13.3. The van der Waals surface area contributed by atoms with Crippen molar-refractivity contribution in [2.24, 2.45) is 5.92 Å². The van der Waals surface area contributed by atoms with Crippen LogP contribution in [0.2, 0.25) is 0 Å². The first-order valence-corrected chi connectivity index (χ1v) is 13.4. The Morgan fingerprint density at radius 2 is 2.11 bits per heavy atom. The topological polar surface area (TPSA) is 117 Å². The van der Waals surface area contributed by atoms with Gasteiger partial charge in [0.2, 0.25) is 5.91 Å². The van der Waals surface area contributed by atoms with Gasteiger partial charge in [-0.3, -0.25) is 4.79 Å². The van der Waals surface area contributed by atoms with Crippen molar-refractivity contribution in [3.05, 3.63) is 59.7 Å². The van der Waals surface area contributed by atoms with Gasteiger partial charge in [-0.05, 0) is 56.5 Å². The van der Waals surface area contributed by atoms with Crippen LogP contribution in [0.1, 0.15) is 24.1 Å². The van der Waals surface area contributed by atoms with E-state index in [1.807, 2.05) is 12.3 Å². The smallest absolute Gasteiger partial charge is 0.229 e. The number of rotatable bonds is 11. The van der Waals surface area contributed by atoms with Crippen LogP contribution in [0.5, 0.6) is 5.75 Å². The number of piperidine rings is 1. The zero-order valence-electron chi connectivity index (χ0n) is 20.8. The van der Waals surface area contributed by atoms with Crippen molar-refractivity contribution in [1.82, 2.24) is 24.5 Å². The average Bonchev–Trinajstić information content (AvgIpc) is 3.54. The lowest BCUT2D eigenvalue weighted by Crippen LogP contribution is -2.35. The van der Waals surface area contributed by atoms with Crippen LogP contribution in [-0.2, 0) is 11.2 Å². The van der Waals surface area contributed by atoms with E-state index in [1.165, 1.54) is 29.8 Å². The lowest BCUT2D eigenvalue weighted by molar-refractivity contribution is -0.115. The van der Waals surface area contributed by atoms with Crippen LogP contribution < -0.4 is 15.4 Å². The van der Waals surface area contributed by atoms with Crippen molar-refractivity contribution in [3.63, 3.8) is 0 Å². The maximum Gasteiger partial charge on any atom is 0.229 e. The number of halogens is 1. The number of anilines is 3. The second kappa shape index (κ2) is 12.3. The fourth-order valence-electron chi connectivity index (χ4n) is 4.43. The van der Waals surface area contributed by atoms with Crippen molar-refractivity contribution in [2.75, 3.05) is 43.5 Å². The van der Waals surface area contributed by atoms with Crippen LogP contribution in [0.15, 0.2) is 49.1 Å². The minimum Gasteiger partial charge on any atom is -0.492 e. The second-order valence-corrected chi connectivity index (χ2v) is 10.4. The number of hydrogen-bond acceptors (Lipinski definition) is 9. The first-order valence-electron chi connectivity index (χ1n) is 12.6. The van der Waals surface area contributed by atoms with Gasteiger partial charge in [0.05, 0.1) is 19.2 Å². The molecule has 1 amide bonds. The van der Waals surface area contributed by atoms with E-state index in [0.717, 1.165) is 49.3 Å². The average molecular weight is 540 g/mol. The molecule has 200 valence electrons. The molecule has 3 N–H and O–H groups in total. The largest absolute Gasteiger partial charge is 0.492 e. The predicted molar refractivity (Wildman–Crippen MR) is 143 cm³/mol. The number of aromatic nitrogens is 4. The monoisotopic (exact) mass is 539 g/mol. The number of benzene rings is 1. The van der Waals surface area contributed by atoms with Crippen LogP contribution in [0.4, 0.5) is 21.0 Å². The summed E-state index contributed by atoms with van der Waals surface area (Å²) in [6, 6.07) is 7.67. The van der Waals surface area contributed by atoms with Gasteiger partial charge in [0.15, 0.2) is 10.9 Å². The van der Waals surface area contributed by atoms with Crippen LogP contribution in [0.3, 0.4) is 0 Å². The molecule has 38 heavy (non-hydrogen) atoms. The molecule has 10 nitrogen and oxygen atoms in total. The Kier molecular flexibility index (Phi) is 8.41. The van der Waals surface area contributed by atoms with E-state index >= 15 is 0 Å². The number of fused-ring (bicyclic) bond motifs is 1. The molecule has 0 radical (unpaired) electrons. The van der Waals surface area contributed by atoms with Gasteiger partial charge in [-0.1, -0.05) is 6.07 Å². The number of carbonyl (C=O) groups excluding carboxylic acids is 1. The molecule has 0 bridgehead atoms. The number of ether oxygens (including phenoxy) is 1. The number of aliphatic hydroxyl groups is 1. The molecule has 1 saturated heterocycles. The Hall–Kier alpha value is -3.61. The Balaban J connectivity index is 1.13. The molecular weight excluding hydrogens is 509 g/mol.